The van der Waals surface area contributed by atoms with Crippen molar-refractivity contribution in [2.24, 2.45) is 0 Å². The molecule has 3 aromatic rings. The van der Waals surface area contributed by atoms with Gasteiger partial charge in [0.05, 0.1) is 0 Å². The van der Waals surface area contributed by atoms with Gasteiger partial charge in [-0.15, -0.1) is 10.2 Å². The maximum absolute atomic E-state index is 5.57. The van der Waals surface area contributed by atoms with Crippen LogP contribution in [-0.4, -0.2) is 10.2 Å². The molecule has 0 fully saturated rings. The van der Waals surface area contributed by atoms with E-state index in [4.69, 9.17) is 9.15 Å². The molecular formula is C15H11BrN2O2. The molecule has 1 aromatic heterocycles. The zero-order valence-corrected chi connectivity index (χ0v) is 12.1. The Balaban J connectivity index is 1.69. The molecule has 0 radical (unpaired) electrons. The van der Waals surface area contributed by atoms with Crippen LogP contribution in [0.4, 0.5) is 0 Å². The minimum atomic E-state index is 0.257. The van der Waals surface area contributed by atoms with Crippen molar-refractivity contribution in [3.63, 3.8) is 0 Å². The van der Waals surface area contributed by atoms with E-state index in [2.05, 4.69) is 26.1 Å². The molecule has 0 amide bonds. The van der Waals surface area contributed by atoms with E-state index in [-0.39, 0.29) is 6.61 Å². The maximum Gasteiger partial charge on any atom is 0.254 e. The highest BCUT2D eigenvalue weighted by Crippen LogP contribution is 2.21. The molecule has 0 N–H and O–H groups in total. The van der Waals surface area contributed by atoms with Crippen LogP contribution in [0.25, 0.3) is 11.5 Å². The molecular weight excluding hydrogens is 320 g/mol. The molecule has 0 saturated carbocycles. The summed E-state index contributed by atoms with van der Waals surface area (Å²) in [6, 6.07) is 17.2. The van der Waals surface area contributed by atoms with Gasteiger partial charge in [-0.25, -0.2) is 0 Å². The molecule has 0 bridgehead atoms. The molecule has 0 unspecified atom stereocenters. The Morgan fingerprint density at radius 2 is 1.70 bits per heavy atom. The minimum Gasteiger partial charge on any atom is -0.484 e. The molecule has 0 aliphatic carbocycles. The van der Waals surface area contributed by atoms with Crippen LogP contribution in [0, 0.1) is 0 Å². The summed E-state index contributed by atoms with van der Waals surface area (Å²) in [6.07, 6.45) is 0. The number of rotatable bonds is 4. The standard InChI is InChI=1S/C15H11BrN2O2/c16-12-8-6-11(7-9-12)15-18-17-14(20-15)10-19-13-4-2-1-3-5-13/h1-9H,10H2. The van der Waals surface area contributed by atoms with Crippen LogP contribution in [0.1, 0.15) is 5.89 Å². The number of nitrogens with zero attached hydrogens (tertiary/aromatic N) is 2. The molecule has 3 rings (SSSR count). The molecule has 100 valence electrons. The Hall–Kier alpha value is -2.14. The summed E-state index contributed by atoms with van der Waals surface area (Å²) in [4.78, 5) is 0. The summed E-state index contributed by atoms with van der Waals surface area (Å²) >= 11 is 3.39. The van der Waals surface area contributed by atoms with Crippen LogP contribution < -0.4 is 4.74 Å². The zero-order valence-electron chi connectivity index (χ0n) is 10.5. The molecule has 0 aliphatic heterocycles. The van der Waals surface area contributed by atoms with Crippen LogP contribution in [0.5, 0.6) is 5.75 Å². The highest BCUT2D eigenvalue weighted by molar-refractivity contribution is 9.10. The third-order valence-corrected chi connectivity index (χ3v) is 3.19. The van der Waals surface area contributed by atoms with E-state index in [1.165, 1.54) is 0 Å². The smallest absolute Gasteiger partial charge is 0.254 e. The summed E-state index contributed by atoms with van der Waals surface area (Å²) in [5, 5.41) is 7.99. The average molecular weight is 331 g/mol. The molecule has 0 aliphatic rings. The third kappa shape index (κ3) is 3.05. The highest BCUT2D eigenvalue weighted by Gasteiger charge is 2.08. The number of hydrogen-bond acceptors (Lipinski definition) is 4. The third-order valence-electron chi connectivity index (χ3n) is 2.66. The molecule has 1 heterocycles. The van der Waals surface area contributed by atoms with Crippen molar-refractivity contribution >= 4 is 15.9 Å². The number of halogens is 1. The highest BCUT2D eigenvalue weighted by atomic mass is 79.9. The predicted octanol–water partition coefficient (Wildman–Crippen LogP) is 4.08. The van der Waals surface area contributed by atoms with Gasteiger partial charge >= 0.3 is 0 Å². The molecule has 0 saturated heterocycles. The minimum absolute atomic E-state index is 0.257. The van der Waals surface area contributed by atoms with Gasteiger partial charge in [0.2, 0.25) is 5.89 Å². The number of aromatic nitrogens is 2. The van der Waals surface area contributed by atoms with Crippen molar-refractivity contribution in [3.05, 3.63) is 65.0 Å². The first kappa shape index (κ1) is 12.9. The second-order valence-corrected chi connectivity index (χ2v) is 5.03. The fraction of sp³-hybridized carbons (Fsp3) is 0.0667. The summed E-state index contributed by atoms with van der Waals surface area (Å²) in [5.41, 5.74) is 0.881. The quantitative estimate of drug-likeness (QED) is 0.723. The first-order chi connectivity index (χ1) is 9.81. The van der Waals surface area contributed by atoms with Crippen molar-refractivity contribution < 1.29 is 9.15 Å². The molecule has 4 nitrogen and oxygen atoms in total. The van der Waals surface area contributed by atoms with E-state index in [0.717, 1.165) is 15.8 Å². The second-order valence-electron chi connectivity index (χ2n) is 4.11. The summed E-state index contributed by atoms with van der Waals surface area (Å²) in [5.74, 6) is 1.71. The molecule has 20 heavy (non-hydrogen) atoms. The van der Waals surface area contributed by atoms with Gasteiger partial charge in [-0.1, -0.05) is 34.1 Å². The second kappa shape index (κ2) is 5.88. The van der Waals surface area contributed by atoms with E-state index in [1.54, 1.807) is 0 Å². The van der Waals surface area contributed by atoms with Crippen molar-refractivity contribution in [2.75, 3.05) is 0 Å². The van der Waals surface area contributed by atoms with Crippen LogP contribution in [0.2, 0.25) is 0 Å². The van der Waals surface area contributed by atoms with Crippen LogP contribution in [0.3, 0.4) is 0 Å². The molecule has 2 aromatic carbocycles. The number of hydrogen-bond donors (Lipinski definition) is 0. The number of ether oxygens (including phenoxy) is 1. The van der Waals surface area contributed by atoms with E-state index >= 15 is 0 Å². The van der Waals surface area contributed by atoms with Gasteiger partial charge in [0.1, 0.15) is 5.75 Å². The van der Waals surface area contributed by atoms with Gasteiger partial charge in [0, 0.05) is 10.0 Å². The largest absolute Gasteiger partial charge is 0.484 e. The average Bonchev–Trinajstić information content (AvgIpc) is 2.96. The predicted molar refractivity (Wildman–Crippen MR) is 78.2 cm³/mol. The lowest BCUT2D eigenvalue weighted by molar-refractivity contribution is 0.264. The molecule has 0 atom stereocenters. The van der Waals surface area contributed by atoms with Gasteiger partial charge in [-0.05, 0) is 36.4 Å². The lowest BCUT2D eigenvalue weighted by Crippen LogP contribution is -1.95. The van der Waals surface area contributed by atoms with Crippen molar-refractivity contribution in [2.45, 2.75) is 6.61 Å². The van der Waals surface area contributed by atoms with Gasteiger partial charge in [0.25, 0.3) is 5.89 Å². The van der Waals surface area contributed by atoms with E-state index in [1.807, 2.05) is 54.6 Å². The Labute approximate surface area is 124 Å². The Bertz CT molecular complexity index is 681. The first-order valence-electron chi connectivity index (χ1n) is 6.07. The summed E-state index contributed by atoms with van der Waals surface area (Å²) in [6.45, 7) is 0.257. The normalized spacial score (nSPS) is 10.4. The molecule has 0 spiro atoms. The van der Waals surface area contributed by atoms with Crippen molar-refractivity contribution in [1.82, 2.24) is 10.2 Å². The fourth-order valence-corrected chi connectivity index (χ4v) is 1.95. The van der Waals surface area contributed by atoms with Gasteiger partial charge in [0.15, 0.2) is 6.61 Å². The van der Waals surface area contributed by atoms with Crippen molar-refractivity contribution in [3.8, 4) is 17.2 Å². The van der Waals surface area contributed by atoms with E-state index in [9.17, 15) is 0 Å². The number of benzene rings is 2. The van der Waals surface area contributed by atoms with Crippen LogP contribution in [0.15, 0.2) is 63.5 Å². The first-order valence-corrected chi connectivity index (χ1v) is 6.87. The van der Waals surface area contributed by atoms with Crippen molar-refractivity contribution in [1.29, 1.82) is 0 Å². The lowest BCUT2D eigenvalue weighted by atomic mass is 10.2. The number of para-hydroxylation sites is 1. The van der Waals surface area contributed by atoms with E-state index in [0.29, 0.717) is 11.8 Å². The molecule has 5 heteroatoms. The van der Waals surface area contributed by atoms with E-state index < -0.39 is 0 Å². The monoisotopic (exact) mass is 330 g/mol. The van der Waals surface area contributed by atoms with Crippen LogP contribution >= 0.6 is 15.9 Å². The SMILES string of the molecule is Brc1ccc(-c2nnc(COc3ccccc3)o2)cc1. The van der Waals surface area contributed by atoms with Gasteiger partial charge in [-0.2, -0.15) is 0 Å². The lowest BCUT2D eigenvalue weighted by Gasteiger charge is -2.01. The summed E-state index contributed by atoms with van der Waals surface area (Å²) < 4.78 is 12.1. The summed E-state index contributed by atoms with van der Waals surface area (Å²) in [7, 11) is 0. The Kier molecular flexibility index (Phi) is 3.78. The van der Waals surface area contributed by atoms with Gasteiger partial charge < -0.3 is 9.15 Å². The van der Waals surface area contributed by atoms with Gasteiger partial charge in [-0.3, -0.25) is 0 Å². The Morgan fingerprint density at radius 3 is 2.45 bits per heavy atom. The zero-order chi connectivity index (χ0) is 13.8. The fourth-order valence-electron chi connectivity index (χ4n) is 1.68. The Morgan fingerprint density at radius 1 is 0.950 bits per heavy atom. The topological polar surface area (TPSA) is 48.2 Å². The van der Waals surface area contributed by atoms with Crippen LogP contribution in [-0.2, 0) is 6.61 Å². The maximum atomic E-state index is 5.57.